The number of piperidine rings is 1. The molecule has 0 bridgehead atoms. The lowest BCUT2D eigenvalue weighted by atomic mass is 10.1. The summed E-state index contributed by atoms with van der Waals surface area (Å²) in [7, 11) is 1.58. The molecule has 0 aromatic carbocycles. The van der Waals surface area contributed by atoms with E-state index in [1.165, 1.54) is 0 Å². The van der Waals surface area contributed by atoms with Crippen LogP contribution in [0.4, 0.5) is 5.82 Å². The van der Waals surface area contributed by atoms with Crippen molar-refractivity contribution in [2.75, 3.05) is 51.8 Å². The first-order valence-electron chi connectivity index (χ1n) is 12.2. The van der Waals surface area contributed by atoms with Gasteiger partial charge in [-0.25, -0.2) is 15.0 Å². The van der Waals surface area contributed by atoms with E-state index in [1.807, 2.05) is 12.1 Å². The van der Waals surface area contributed by atoms with Gasteiger partial charge in [-0.05, 0) is 37.9 Å². The van der Waals surface area contributed by atoms with Crippen LogP contribution in [0.5, 0.6) is 5.88 Å². The van der Waals surface area contributed by atoms with Gasteiger partial charge in [-0.1, -0.05) is 6.92 Å². The Morgan fingerprint density at radius 1 is 1.17 bits per heavy atom. The van der Waals surface area contributed by atoms with E-state index in [0.29, 0.717) is 49.9 Å². The van der Waals surface area contributed by atoms with Crippen molar-refractivity contribution in [1.82, 2.24) is 24.4 Å². The highest BCUT2D eigenvalue weighted by atomic mass is 16.5. The normalized spacial score (nSPS) is 16.5. The van der Waals surface area contributed by atoms with Crippen LogP contribution in [0.3, 0.4) is 0 Å². The van der Waals surface area contributed by atoms with Gasteiger partial charge in [-0.2, -0.15) is 0 Å². The Morgan fingerprint density at radius 3 is 2.77 bits per heavy atom. The number of likely N-dealkylation sites (tertiary alicyclic amines) is 1. The fraction of sp³-hybridized carbons (Fsp3) is 0.520. The molecule has 0 amide bonds. The molecule has 0 radical (unpaired) electrons. The van der Waals surface area contributed by atoms with E-state index in [-0.39, 0.29) is 17.5 Å². The van der Waals surface area contributed by atoms with Crippen molar-refractivity contribution < 1.29 is 14.6 Å². The van der Waals surface area contributed by atoms with Crippen LogP contribution in [0.2, 0.25) is 0 Å². The first-order chi connectivity index (χ1) is 17.1. The third kappa shape index (κ3) is 6.33. The van der Waals surface area contributed by atoms with Gasteiger partial charge in [0, 0.05) is 62.4 Å². The summed E-state index contributed by atoms with van der Waals surface area (Å²) in [6, 6.07) is 5.61. The number of anilines is 1. The molecule has 10 nitrogen and oxygen atoms in total. The third-order valence-corrected chi connectivity index (χ3v) is 6.09. The van der Waals surface area contributed by atoms with Crippen molar-refractivity contribution in [3.05, 3.63) is 40.9 Å². The number of methoxy groups -OCH3 is 1. The molecule has 4 rings (SSSR count). The summed E-state index contributed by atoms with van der Waals surface area (Å²) >= 11 is 0. The summed E-state index contributed by atoms with van der Waals surface area (Å²) < 4.78 is 12.5. The molecule has 1 saturated heterocycles. The summed E-state index contributed by atoms with van der Waals surface area (Å²) in [5.74, 6) is 0.806. The quantitative estimate of drug-likeness (QED) is 0.397. The minimum Gasteiger partial charge on any atom is -0.481 e. The van der Waals surface area contributed by atoms with Gasteiger partial charge in [-0.3, -0.25) is 14.3 Å². The Morgan fingerprint density at radius 2 is 2.03 bits per heavy atom. The van der Waals surface area contributed by atoms with Crippen molar-refractivity contribution in [3.63, 3.8) is 0 Å². The fourth-order valence-electron chi connectivity index (χ4n) is 4.26. The number of rotatable bonds is 11. The third-order valence-electron chi connectivity index (χ3n) is 6.09. The molecule has 188 valence electrons. The average molecular weight is 483 g/mol. The predicted octanol–water partition coefficient (Wildman–Crippen LogP) is 2.16. The Kier molecular flexibility index (Phi) is 8.62. The first kappa shape index (κ1) is 25.0. The van der Waals surface area contributed by atoms with Gasteiger partial charge in [0.05, 0.1) is 25.3 Å². The van der Waals surface area contributed by atoms with Gasteiger partial charge in [0.25, 0.3) is 5.56 Å². The highest BCUT2D eigenvalue weighted by Gasteiger charge is 2.18. The van der Waals surface area contributed by atoms with Crippen molar-refractivity contribution >= 4 is 17.0 Å². The van der Waals surface area contributed by atoms with Crippen LogP contribution in [0, 0.1) is 0 Å². The van der Waals surface area contributed by atoms with Gasteiger partial charge in [-0.15, -0.1) is 0 Å². The number of pyridine rings is 2. The number of hydrogen-bond donors (Lipinski definition) is 2. The van der Waals surface area contributed by atoms with E-state index in [2.05, 4.69) is 32.1 Å². The molecule has 3 aromatic heterocycles. The van der Waals surface area contributed by atoms with Crippen LogP contribution in [0.15, 0.2) is 35.4 Å². The zero-order valence-corrected chi connectivity index (χ0v) is 20.4. The Labute approximate surface area is 204 Å². The van der Waals surface area contributed by atoms with Crippen LogP contribution >= 0.6 is 0 Å². The molecular formula is C25H34N6O4. The molecule has 0 saturated carbocycles. The van der Waals surface area contributed by atoms with E-state index in [0.717, 1.165) is 43.5 Å². The lowest BCUT2D eigenvalue weighted by Crippen LogP contribution is -2.41. The minimum atomic E-state index is -0.276. The molecule has 2 N–H and O–H groups in total. The molecule has 35 heavy (non-hydrogen) atoms. The van der Waals surface area contributed by atoms with Gasteiger partial charge in [0.15, 0.2) is 11.5 Å². The fourth-order valence-corrected chi connectivity index (χ4v) is 4.26. The van der Waals surface area contributed by atoms with Crippen LogP contribution in [-0.2, 0) is 11.3 Å². The topological polar surface area (TPSA) is 115 Å². The largest absolute Gasteiger partial charge is 0.481 e. The molecule has 1 fully saturated rings. The maximum atomic E-state index is 13.4. The van der Waals surface area contributed by atoms with Crippen LogP contribution in [0.1, 0.15) is 26.2 Å². The number of aliphatic hydroxyl groups is 1. The number of aliphatic hydroxyl groups excluding tert-OH is 1. The smallest absolute Gasteiger partial charge is 0.293 e. The maximum Gasteiger partial charge on any atom is 0.293 e. The zero-order valence-electron chi connectivity index (χ0n) is 20.4. The van der Waals surface area contributed by atoms with E-state index in [4.69, 9.17) is 9.47 Å². The summed E-state index contributed by atoms with van der Waals surface area (Å²) in [4.78, 5) is 29.0. The highest BCUT2D eigenvalue weighted by molar-refractivity contribution is 5.78. The Bertz CT molecular complexity index is 1170. The summed E-state index contributed by atoms with van der Waals surface area (Å²) in [5.41, 5.74) is 2.63. The van der Waals surface area contributed by atoms with Crippen LogP contribution in [-0.4, -0.2) is 82.1 Å². The monoisotopic (exact) mass is 482 g/mol. The SMILES string of the molecule is CCCOCCn1c(=O)c(NCCN2CCC[C@@H](O)C2)nc2ncc(-c3ccc(OC)nc3)cc21. The number of β-amino-alcohol motifs (C(OH)–C–C–N with tert-alkyl or cyclic N) is 1. The lowest BCUT2D eigenvalue weighted by molar-refractivity contribution is 0.0730. The van der Waals surface area contributed by atoms with E-state index in [1.54, 1.807) is 30.1 Å². The van der Waals surface area contributed by atoms with E-state index < -0.39 is 0 Å². The molecule has 10 heteroatoms. The average Bonchev–Trinajstić information content (AvgIpc) is 2.88. The van der Waals surface area contributed by atoms with Gasteiger partial charge >= 0.3 is 0 Å². The number of aromatic nitrogens is 4. The standard InChI is InChI=1S/C25H34N6O4/c1-3-12-35-13-11-31-21-14-19(18-6-7-22(34-2)27-15-18)16-28-23(21)29-24(25(31)33)26-8-10-30-9-4-5-20(32)17-30/h6-7,14-16,20,32H,3-5,8-13,17H2,1-2H3,(H,26,28,29)/t20-/m1/s1. The molecule has 1 aliphatic rings. The Hall–Kier alpha value is -3.08. The number of nitrogens with one attached hydrogen (secondary N) is 1. The molecule has 0 unspecified atom stereocenters. The Balaban J connectivity index is 1.59. The van der Waals surface area contributed by atoms with E-state index >= 15 is 0 Å². The zero-order chi connectivity index (χ0) is 24.6. The van der Waals surface area contributed by atoms with Gasteiger partial charge in [0.1, 0.15) is 0 Å². The van der Waals surface area contributed by atoms with Crippen LogP contribution in [0.25, 0.3) is 22.3 Å². The lowest BCUT2D eigenvalue weighted by Gasteiger charge is -2.29. The molecule has 0 aliphatic carbocycles. The second kappa shape index (κ2) is 12.1. The molecule has 3 aromatic rings. The summed E-state index contributed by atoms with van der Waals surface area (Å²) in [6.45, 7) is 6.42. The molecule has 1 aliphatic heterocycles. The predicted molar refractivity (Wildman–Crippen MR) is 135 cm³/mol. The first-order valence-corrected chi connectivity index (χ1v) is 12.2. The van der Waals surface area contributed by atoms with Crippen molar-refractivity contribution in [2.45, 2.75) is 38.8 Å². The molecular weight excluding hydrogens is 448 g/mol. The number of hydrogen-bond acceptors (Lipinski definition) is 9. The van der Waals surface area contributed by atoms with Gasteiger partial charge in [0.2, 0.25) is 5.88 Å². The van der Waals surface area contributed by atoms with Crippen molar-refractivity contribution in [1.29, 1.82) is 0 Å². The summed E-state index contributed by atoms with van der Waals surface area (Å²) in [6.07, 6.45) is 5.93. The maximum absolute atomic E-state index is 13.4. The van der Waals surface area contributed by atoms with Crippen molar-refractivity contribution in [3.8, 4) is 17.0 Å². The second-order valence-corrected chi connectivity index (χ2v) is 8.71. The minimum absolute atomic E-state index is 0.205. The van der Waals surface area contributed by atoms with Crippen LogP contribution < -0.4 is 15.6 Å². The molecule has 1 atom stereocenters. The van der Waals surface area contributed by atoms with Gasteiger partial charge < -0.3 is 19.9 Å². The molecule has 0 spiro atoms. The second-order valence-electron chi connectivity index (χ2n) is 8.71. The number of ether oxygens (including phenoxy) is 2. The van der Waals surface area contributed by atoms with E-state index in [9.17, 15) is 9.90 Å². The number of fused-ring (bicyclic) bond motifs is 1. The summed E-state index contributed by atoms with van der Waals surface area (Å²) in [5, 5.41) is 13.1. The highest BCUT2D eigenvalue weighted by Crippen LogP contribution is 2.23. The molecule has 4 heterocycles. The van der Waals surface area contributed by atoms with Crippen molar-refractivity contribution in [2.24, 2.45) is 0 Å². The number of nitrogens with zero attached hydrogens (tertiary/aromatic N) is 5.